The Bertz CT molecular complexity index is 372. The van der Waals surface area contributed by atoms with E-state index in [9.17, 15) is 4.79 Å². The third kappa shape index (κ3) is 2.05. The predicted molar refractivity (Wildman–Crippen MR) is 59.5 cm³/mol. The fourth-order valence-electron chi connectivity index (χ4n) is 1.29. The standard InChI is InChI=1S/C8H8BrN3O.ClH/c9-5-1-4-2-6(10)8(13)12-7(4)11-3-5;/h1,3,6H,2,10H2,(H,11,12,13);1H. The van der Waals surface area contributed by atoms with E-state index in [1.807, 2.05) is 6.07 Å². The van der Waals surface area contributed by atoms with Gasteiger partial charge in [-0.1, -0.05) is 0 Å². The highest BCUT2D eigenvalue weighted by Crippen LogP contribution is 2.22. The summed E-state index contributed by atoms with van der Waals surface area (Å²) in [6, 6.07) is 1.46. The van der Waals surface area contributed by atoms with Crippen molar-refractivity contribution in [2.24, 2.45) is 5.73 Å². The largest absolute Gasteiger partial charge is 0.320 e. The van der Waals surface area contributed by atoms with Gasteiger partial charge in [0.25, 0.3) is 0 Å². The Balaban J connectivity index is 0.000000980. The van der Waals surface area contributed by atoms with Crippen LogP contribution in [0.3, 0.4) is 0 Å². The summed E-state index contributed by atoms with van der Waals surface area (Å²) in [5.74, 6) is 0.456. The van der Waals surface area contributed by atoms with E-state index in [-0.39, 0.29) is 18.3 Å². The van der Waals surface area contributed by atoms with E-state index in [2.05, 4.69) is 26.2 Å². The van der Waals surface area contributed by atoms with Crippen LogP contribution in [-0.4, -0.2) is 16.9 Å². The average Bonchev–Trinajstić information content (AvgIpc) is 2.08. The molecular formula is C8H9BrClN3O. The molecule has 1 amide bonds. The zero-order valence-electron chi connectivity index (χ0n) is 7.16. The molecule has 0 spiro atoms. The van der Waals surface area contributed by atoms with Crippen molar-refractivity contribution in [2.45, 2.75) is 12.5 Å². The first kappa shape index (κ1) is 11.4. The zero-order chi connectivity index (χ0) is 9.42. The molecule has 2 heterocycles. The summed E-state index contributed by atoms with van der Waals surface area (Å²) in [6.45, 7) is 0. The van der Waals surface area contributed by atoms with Crippen LogP contribution in [0.2, 0.25) is 0 Å². The van der Waals surface area contributed by atoms with Gasteiger partial charge in [-0.15, -0.1) is 12.4 Å². The van der Waals surface area contributed by atoms with Gasteiger partial charge in [-0.05, 0) is 27.6 Å². The third-order valence-corrected chi connectivity index (χ3v) is 2.39. The Hall–Kier alpha value is -0.650. The van der Waals surface area contributed by atoms with Crippen LogP contribution in [0.4, 0.5) is 5.82 Å². The number of amides is 1. The number of anilines is 1. The number of nitrogens with two attached hydrogens (primary N) is 1. The van der Waals surface area contributed by atoms with Crippen molar-refractivity contribution in [1.29, 1.82) is 0 Å². The third-order valence-electron chi connectivity index (χ3n) is 1.95. The monoisotopic (exact) mass is 277 g/mol. The summed E-state index contributed by atoms with van der Waals surface area (Å²) in [6.07, 6.45) is 2.20. The first-order chi connectivity index (χ1) is 6.16. The highest BCUT2D eigenvalue weighted by atomic mass is 79.9. The smallest absolute Gasteiger partial charge is 0.242 e. The van der Waals surface area contributed by atoms with E-state index in [1.54, 1.807) is 6.20 Å². The van der Waals surface area contributed by atoms with Crippen LogP contribution >= 0.6 is 28.3 Å². The van der Waals surface area contributed by atoms with Gasteiger partial charge in [-0.3, -0.25) is 4.79 Å². The van der Waals surface area contributed by atoms with Gasteiger partial charge in [-0.2, -0.15) is 0 Å². The van der Waals surface area contributed by atoms with Gasteiger partial charge in [0.2, 0.25) is 5.91 Å². The molecule has 0 aliphatic carbocycles. The number of nitrogens with one attached hydrogen (secondary N) is 1. The van der Waals surface area contributed by atoms with Crippen molar-refractivity contribution in [3.8, 4) is 0 Å². The summed E-state index contributed by atoms with van der Waals surface area (Å²) in [5, 5.41) is 2.64. The molecule has 2 rings (SSSR count). The molecule has 1 atom stereocenters. The summed E-state index contributed by atoms with van der Waals surface area (Å²) in [5.41, 5.74) is 6.56. The maximum absolute atomic E-state index is 11.2. The van der Waals surface area contributed by atoms with Crippen molar-refractivity contribution >= 4 is 40.1 Å². The lowest BCUT2D eigenvalue weighted by molar-refractivity contribution is -0.117. The number of pyridine rings is 1. The number of aromatic nitrogens is 1. The molecule has 4 nitrogen and oxygen atoms in total. The Morgan fingerprint density at radius 3 is 3.07 bits per heavy atom. The van der Waals surface area contributed by atoms with Crippen LogP contribution in [0, 0.1) is 0 Å². The van der Waals surface area contributed by atoms with Crippen LogP contribution in [0.15, 0.2) is 16.7 Å². The lowest BCUT2D eigenvalue weighted by Crippen LogP contribution is -2.41. The highest BCUT2D eigenvalue weighted by Gasteiger charge is 2.23. The topological polar surface area (TPSA) is 68.0 Å². The summed E-state index contributed by atoms with van der Waals surface area (Å²) in [4.78, 5) is 15.2. The number of rotatable bonds is 0. The Kier molecular flexibility index (Phi) is 3.47. The van der Waals surface area contributed by atoms with Crippen molar-refractivity contribution in [2.75, 3.05) is 5.32 Å². The SMILES string of the molecule is Cl.NC1Cc2cc(Br)cnc2NC1=O. The van der Waals surface area contributed by atoms with Gasteiger partial charge in [-0.25, -0.2) is 4.98 Å². The van der Waals surface area contributed by atoms with E-state index in [0.29, 0.717) is 12.2 Å². The molecule has 0 saturated carbocycles. The molecule has 0 aromatic carbocycles. The molecule has 3 N–H and O–H groups in total. The average molecular weight is 279 g/mol. The van der Waals surface area contributed by atoms with E-state index in [4.69, 9.17) is 5.73 Å². The van der Waals surface area contributed by atoms with Gasteiger partial charge in [0.1, 0.15) is 5.82 Å². The fraction of sp³-hybridized carbons (Fsp3) is 0.250. The second-order valence-corrected chi connectivity index (χ2v) is 3.88. The molecule has 76 valence electrons. The molecule has 0 fully saturated rings. The first-order valence-electron chi connectivity index (χ1n) is 3.87. The van der Waals surface area contributed by atoms with Crippen LogP contribution in [0.1, 0.15) is 5.56 Å². The minimum atomic E-state index is -0.455. The molecule has 1 unspecified atom stereocenters. The van der Waals surface area contributed by atoms with E-state index < -0.39 is 6.04 Å². The number of hydrogen-bond acceptors (Lipinski definition) is 3. The second-order valence-electron chi connectivity index (χ2n) is 2.96. The second kappa shape index (κ2) is 4.25. The quantitative estimate of drug-likeness (QED) is 0.746. The van der Waals surface area contributed by atoms with E-state index >= 15 is 0 Å². The highest BCUT2D eigenvalue weighted by molar-refractivity contribution is 9.10. The van der Waals surface area contributed by atoms with Gasteiger partial charge in [0.15, 0.2) is 0 Å². The van der Waals surface area contributed by atoms with Crippen LogP contribution in [0.5, 0.6) is 0 Å². The Morgan fingerprint density at radius 2 is 2.36 bits per heavy atom. The number of carbonyl (C=O) groups is 1. The molecule has 6 heteroatoms. The Labute approximate surface area is 95.8 Å². The van der Waals surface area contributed by atoms with Gasteiger partial charge < -0.3 is 11.1 Å². The maximum Gasteiger partial charge on any atom is 0.242 e. The van der Waals surface area contributed by atoms with Crippen molar-refractivity contribution in [3.63, 3.8) is 0 Å². The minimum Gasteiger partial charge on any atom is -0.320 e. The van der Waals surface area contributed by atoms with E-state index in [0.717, 1.165) is 10.0 Å². The molecule has 14 heavy (non-hydrogen) atoms. The molecule has 0 radical (unpaired) electrons. The van der Waals surface area contributed by atoms with Gasteiger partial charge in [0, 0.05) is 17.1 Å². The van der Waals surface area contributed by atoms with Crippen LogP contribution in [-0.2, 0) is 11.2 Å². The fourth-order valence-corrected chi connectivity index (χ4v) is 1.67. The molecule has 1 aromatic heterocycles. The lowest BCUT2D eigenvalue weighted by Gasteiger charge is -2.20. The summed E-state index contributed by atoms with van der Waals surface area (Å²) >= 11 is 3.31. The lowest BCUT2D eigenvalue weighted by atomic mass is 10.0. The molecule has 1 aliphatic rings. The van der Waals surface area contributed by atoms with Gasteiger partial charge in [0.05, 0.1) is 6.04 Å². The summed E-state index contributed by atoms with van der Waals surface area (Å²) in [7, 11) is 0. The molecule has 1 aromatic rings. The predicted octanol–water partition coefficient (Wildman–Crippen LogP) is 1.09. The van der Waals surface area contributed by atoms with Gasteiger partial charge >= 0.3 is 0 Å². The number of hydrogen-bond donors (Lipinski definition) is 2. The number of nitrogens with zero attached hydrogens (tertiary/aromatic N) is 1. The molecule has 0 bridgehead atoms. The molecule has 1 aliphatic heterocycles. The zero-order valence-corrected chi connectivity index (χ0v) is 9.56. The van der Waals surface area contributed by atoms with Crippen LogP contribution in [0.25, 0.3) is 0 Å². The van der Waals surface area contributed by atoms with Crippen molar-refractivity contribution in [1.82, 2.24) is 4.98 Å². The van der Waals surface area contributed by atoms with Crippen molar-refractivity contribution in [3.05, 3.63) is 22.3 Å². The maximum atomic E-state index is 11.2. The Morgan fingerprint density at radius 1 is 1.64 bits per heavy atom. The first-order valence-corrected chi connectivity index (χ1v) is 4.67. The molecular weight excluding hydrogens is 269 g/mol. The number of fused-ring (bicyclic) bond motifs is 1. The van der Waals surface area contributed by atoms with Crippen LogP contribution < -0.4 is 11.1 Å². The van der Waals surface area contributed by atoms with Crippen molar-refractivity contribution < 1.29 is 4.79 Å². The number of carbonyl (C=O) groups excluding carboxylic acids is 1. The normalized spacial score (nSPS) is 19.3. The van der Waals surface area contributed by atoms with E-state index in [1.165, 1.54) is 0 Å². The summed E-state index contributed by atoms with van der Waals surface area (Å²) < 4.78 is 0.898. The minimum absolute atomic E-state index is 0. The number of halogens is 2. The molecule has 0 saturated heterocycles.